The second-order valence-electron chi connectivity index (χ2n) is 7.49. The summed E-state index contributed by atoms with van der Waals surface area (Å²) in [5.74, 6) is -1.03. The highest BCUT2D eigenvalue weighted by Gasteiger charge is 2.65. The molecule has 1 aliphatic heterocycles. The molecule has 32 heavy (non-hydrogen) atoms. The van der Waals surface area contributed by atoms with Crippen LogP contribution in [-0.2, 0) is 33.0 Å². The fraction of sp³-hybridized carbons (Fsp3) is 0.273. The van der Waals surface area contributed by atoms with Gasteiger partial charge in [0.25, 0.3) is 0 Å². The monoisotopic (exact) mass is 444 g/mol. The predicted molar refractivity (Wildman–Crippen MR) is 108 cm³/mol. The number of fused-ring (bicyclic) bond motifs is 1. The van der Waals surface area contributed by atoms with E-state index >= 15 is 0 Å². The normalized spacial score (nSPS) is 15.4. The van der Waals surface area contributed by atoms with Crippen molar-refractivity contribution < 1.29 is 27.5 Å². The van der Waals surface area contributed by atoms with Crippen LogP contribution in [0.25, 0.3) is 10.9 Å². The number of alkyl halides is 3. The molecular formula is C22H19F3N4O3. The highest BCUT2D eigenvalue weighted by atomic mass is 19.4. The third-order valence-corrected chi connectivity index (χ3v) is 5.19. The number of H-pyrrole nitrogens is 1. The summed E-state index contributed by atoms with van der Waals surface area (Å²) in [6.07, 6.45) is -2.61. The van der Waals surface area contributed by atoms with E-state index in [1.54, 1.807) is 6.20 Å². The molecule has 0 saturated carbocycles. The molecule has 1 aromatic heterocycles. The maximum Gasteiger partial charge on any atom is 0.442 e. The third-order valence-electron chi connectivity index (χ3n) is 5.19. The van der Waals surface area contributed by atoms with E-state index in [1.807, 2.05) is 24.3 Å². The first kappa shape index (κ1) is 21.5. The Labute approximate surface area is 180 Å². The Morgan fingerprint density at radius 1 is 1.12 bits per heavy atom. The van der Waals surface area contributed by atoms with Gasteiger partial charge in [-0.15, -0.1) is 10.2 Å². The summed E-state index contributed by atoms with van der Waals surface area (Å²) >= 11 is 0. The summed E-state index contributed by atoms with van der Waals surface area (Å²) in [5, 5.41) is 9.84. The van der Waals surface area contributed by atoms with Crippen molar-refractivity contribution >= 4 is 22.8 Å². The molecule has 1 atom stereocenters. The van der Waals surface area contributed by atoms with Crippen LogP contribution < -0.4 is 5.32 Å². The van der Waals surface area contributed by atoms with Gasteiger partial charge in [-0.1, -0.05) is 42.5 Å². The number of hydrogen-bond acceptors (Lipinski definition) is 5. The predicted octanol–water partition coefficient (Wildman–Crippen LogP) is 4.14. The number of carbonyl (C=O) groups excluding carboxylic acids is 2. The van der Waals surface area contributed by atoms with Gasteiger partial charge < -0.3 is 15.0 Å². The number of benzene rings is 2. The van der Waals surface area contributed by atoms with Gasteiger partial charge >= 0.3 is 17.8 Å². The lowest BCUT2D eigenvalue weighted by Crippen LogP contribution is -2.42. The van der Waals surface area contributed by atoms with E-state index in [4.69, 9.17) is 4.74 Å². The number of hydrogen-bond donors (Lipinski definition) is 2. The highest BCUT2D eigenvalue weighted by molar-refractivity contribution is 5.86. The molecule has 1 amide bonds. The van der Waals surface area contributed by atoms with Crippen LogP contribution in [0.15, 0.2) is 65.0 Å². The number of nitrogens with zero attached hydrogens (tertiary/aromatic N) is 2. The molecule has 166 valence electrons. The molecular weight excluding hydrogens is 425 g/mol. The first-order valence-electron chi connectivity index (χ1n) is 9.78. The number of aromatic amines is 1. The van der Waals surface area contributed by atoms with Gasteiger partial charge in [0.1, 0.15) is 12.6 Å². The Kier molecular flexibility index (Phi) is 5.45. The van der Waals surface area contributed by atoms with Crippen molar-refractivity contribution in [2.75, 3.05) is 0 Å². The summed E-state index contributed by atoms with van der Waals surface area (Å²) in [6, 6.07) is 12.0. The van der Waals surface area contributed by atoms with E-state index in [2.05, 4.69) is 20.5 Å². The number of esters is 1. The highest BCUT2D eigenvalue weighted by Crippen LogP contribution is 2.52. The van der Waals surface area contributed by atoms with E-state index in [0.717, 1.165) is 16.5 Å². The summed E-state index contributed by atoms with van der Waals surface area (Å²) < 4.78 is 44.6. The zero-order chi connectivity index (χ0) is 22.9. The number of aromatic nitrogens is 1. The van der Waals surface area contributed by atoms with E-state index in [-0.39, 0.29) is 24.5 Å². The molecule has 2 aromatic carbocycles. The Morgan fingerprint density at radius 2 is 1.81 bits per heavy atom. The summed E-state index contributed by atoms with van der Waals surface area (Å²) in [6.45, 7) is 1.15. The molecule has 10 heteroatoms. The summed E-state index contributed by atoms with van der Waals surface area (Å²) in [4.78, 5) is 27.4. The second-order valence-corrected chi connectivity index (χ2v) is 7.49. The van der Waals surface area contributed by atoms with Gasteiger partial charge in [-0.25, -0.2) is 4.79 Å². The van der Waals surface area contributed by atoms with Crippen molar-refractivity contribution in [1.29, 1.82) is 0 Å². The van der Waals surface area contributed by atoms with Crippen LogP contribution in [-0.4, -0.2) is 29.1 Å². The zero-order valence-corrected chi connectivity index (χ0v) is 16.9. The molecule has 3 aromatic rings. The van der Waals surface area contributed by atoms with E-state index in [0.29, 0.717) is 5.56 Å². The van der Waals surface area contributed by atoms with E-state index in [9.17, 15) is 22.8 Å². The lowest BCUT2D eigenvalue weighted by atomic mass is 10.0. The lowest BCUT2D eigenvalue weighted by molar-refractivity contribution is -0.166. The fourth-order valence-electron chi connectivity index (χ4n) is 3.49. The summed E-state index contributed by atoms with van der Waals surface area (Å²) in [7, 11) is 0. The average molecular weight is 444 g/mol. The molecule has 2 N–H and O–H groups in total. The van der Waals surface area contributed by atoms with Crippen molar-refractivity contribution in [1.82, 2.24) is 10.3 Å². The Morgan fingerprint density at radius 3 is 2.44 bits per heavy atom. The smallest absolute Gasteiger partial charge is 0.442 e. The summed E-state index contributed by atoms with van der Waals surface area (Å²) in [5.41, 5.74) is -0.347. The SMILES string of the molecule is CC(=O)N[C@@H](Cc1c[nH]c2ccccc12)C(=O)OCc1ccc(C2(C(F)(F)F)N=N2)cc1. The van der Waals surface area contributed by atoms with Crippen LogP contribution in [0.3, 0.4) is 0 Å². The Bertz CT molecular complexity index is 1180. The molecule has 0 fully saturated rings. The van der Waals surface area contributed by atoms with Crippen LogP contribution >= 0.6 is 0 Å². The number of rotatable bonds is 7. The largest absolute Gasteiger partial charge is 0.459 e. The topological polar surface area (TPSA) is 95.9 Å². The Hall–Kier alpha value is -3.69. The van der Waals surface area contributed by atoms with Crippen molar-refractivity contribution in [2.45, 2.75) is 37.8 Å². The van der Waals surface area contributed by atoms with Gasteiger partial charge in [0.2, 0.25) is 5.91 Å². The second kappa shape index (κ2) is 8.10. The standard InChI is InChI=1S/C22H19F3N4O3/c1-13(30)27-19(10-15-11-26-18-5-3-2-4-17(15)18)20(31)32-12-14-6-8-16(9-7-14)21(28-29-21)22(23,24)25/h2-9,11,19,26H,10,12H2,1H3,(H,27,30)/t19-/m0/s1. The molecule has 7 nitrogen and oxygen atoms in total. The lowest BCUT2D eigenvalue weighted by Gasteiger charge is -2.17. The number of ether oxygens (including phenoxy) is 1. The quantitative estimate of drug-likeness (QED) is 0.536. The maximum absolute atomic E-state index is 13.1. The average Bonchev–Trinajstić information content (AvgIpc) is 3.49. The van der Waals surface area contributed by atoms with Gasteiger partial charge in [-0.3, -0.25) is 4.79 Å². The van der Waals surface area contributed by atoms with Crippen LogP contribution in [0.4, 0.5) is 13.2 Å². The Balaban J connectivity index is 1.42. The molecule has 0 radical (unpaired) electrons. The van der Waals surface area contributed by atoms with Crippen LogP contribution in [0.1, 0.15) is 23.6 Å². The minimum absolute atomic E-state index is 0.101. The first-order chi connectivity index (χ1) is 15.2. The molecule has 0 bridgehead atoms. The van der Waals surface area contributed by atoms with Crippen LogP contribution in [0.2, 0.25) is 0 Å². The molecule has 0 saturated heterocycles. The van der Waals surface area contributed by atoms with Crippen molar-refractivity contribution in [3.05, 3.63) is 71.4 Å². The number of halogens is 3. The first-order valence-corrected chi connectivity index (χ1v) is 9.78. The number of amides is 1. The number of carbonyl (C=O) groups is 2. The van der Waals surface area contributed by atoms with Crippen LogP contribution in [0.5, 0.6) is 0 Å². The van der Waals surface area contributed by atoms with Crippen molar-refractivity contribution in [3.8, 4) is 0 Å². The van der Waals surface area contributed by atoms with Crippen LogP contribution in [0, 0.1) is 0 Å². The van der Waals surface area contributed by atoms with Crippen molar-refractivity contribution in [3.63, 3.8) is 0 Å². The van der Waals surface area contributed by atoms with E-state index < -0.39 is 23.9 Å². The maximum atomic E-state index is 13.1. The number of nitrogens with one attached hydrogen (secondary N) is 2. The minimum Gasteiger partial charge on any atom is -0.459 e. The van der Waals surface area contributed by atoms with Gasteiger partial charge in [0, 0.05) is 36.0 Å². The molecule has 1 aliphatic rings. The van der Waals surface area contributed by atoms with Crippen molar-refractivity contribution in [2.24, 2.45) is 10.2 Å². The van der Waals surface area contributed by atoms with E-state index in [1.165, 1.54) is 31.2 Å². The van der Waals surface area contributed by atoms with Gasteiger partial charge in [-0.2, -0.15) is 13.2 Å². The van der Waals surface area contributed by atoms with Gasteiger partial charge in [0.05, 0.1) is 0 Å². The molecule has 0 spiro atoms. The number of para-hydroxylation sites is 1. The van der Waals surface area contributed by atoms with Gasteiger partial charge in [-0.05, 0) is 17.2 Å². The fourth-order valence-corrected chi connectivity index (χ4v) is 3.49. The molecule has 0 aliphatic carbocycles. The zero-order valence-electron chi connectivity index (χ0n) is 16.9. The molecule has 0 unspecified atom stereocenters. The van der Waals surface area contributed by atoms with Gasteiger partial charge in [0.15, 0.2) is 0 Å². The molecule has 2 heterocycles. The minimum atomic E-state index is -4.60. The third kappa shape index (κ3) is 4.20. The molecule has 4 rings (SSSR count).